The second kappa shape index (κ2) is 14.6. The summed E-state index contributed by atoms with van der Waals surface area (Å²) in [7, 11) is -2.47. The van der Waals surface area contributed by atoms with Crippen molar-refractivity contribution in [1.29, 1.82) is 0 Å². The molecule has 1 N–H and O–H groups in total. The van der Waals surface area contributed by atoms with Gasteiger partial charge in [0.05, 0.1) is 24.1 Å². The van der Waals surface area contributed by atoms with Gasteiger partial charge in [-0.15, -0.1) is 0 Å². The second-order valence-electron chi connectivity index (χ2n) is 9.76. The number of methoxy groups -OCH3 is 1. The van der Waals surface area contributed by atoms with Gasteiger partial charge < -0.3 is 15.0 Å². The van der Waals surface area contributed by atoms with Gasteiger partial charge in [-0.2, -0.15) is 0 Å². The summed E-state index contributed by atoms with van der Waals surface area (Å²) in [6, 6.07) is 19.7. The lowest BCUT2D eigenvalue weighted by molar-refractivity contribution is -0.140. The minimum Gasteiger partial charge on any atom is -0.495 e. The molecule has 41 heavy (non-hydrogen) atoms. The molecule has 3 aromatic rings. The molecular weight excluding hydrogens is 585 g/mol. The van der Waals surface area contributed by atoms with E-state index >= 15 is 0 Å². The van der Waals surface area contributed by atoms with Crippen molar-refractivity contribution in [2.75, 3.05) is 24.2 Å². The number of carbonyl (C=O) groups is 2. The van der Waals surface area contributed by atoms with E-state index in [1.165, 1.54) is 30.2 Å². The Labute approximate surface area is 252 Å². The summed E-state index contributed by atoms with van der Waals surface area (Å²) in [5.74, 6) is -0.523. The Morgan fingerprint density at radius 3 is 2.20 bits per heavy atom. The number of rotatable bonds is 13. The quantitative estimate of drug-likeness (QED) is 0.279. The van der Waals surface area contributed by atoms with Crippen molar-refractivity contribution in [1.82, 2.24) is 10.2 Å². The summed E-state index contributed by atoms with van der Waals surface area (Å²) in [5.41, 5.74) is 1.78. The molecule has 0 bridgehead atoms. The van der Waals surface area contributed by atoms with Crippen LogP contribution < -0.4 is 14.4 Å². The van der Waals surface area contributed by atoms with Gasteiger partial charge in [0, 0.05) is 24.0 Å². The molecule has 220 valence electrons. The Kier molecular flexibility index (Phi) is 11.5. The van der Waals surface area contributed by atoms with Crippen molar-refractivity contribution in [3.63, 3.8) is 0 Å². The normalized spacial score (nSPS) is 12.7. The van der Waals surface area contributed by atoms with Crippen LogP contribution in [-0.4, -0.2) is 57.1 Å². The van der Waals surface area contributed by atoms with Crippen molar-refractivity contribution in [3.05, 3.63) is 94.0 Å². The van der Waals surface area contributed by atoms with Crippen LogP contribution in [0.2, 0.25) is 10.0 Å². The lowest BCUT2D eigenvalue weighted by atomic mass is 10.0. The number of carbonyl (C=O) groups excluding carboxylic acids is 2. The Morgan fingerprint density at radius 1 is 0.976 bits per heavy atom. The standard InChI is InChI=1S/C30H35Cl2N3O5S/c1-5-21(2)33-30(37)27(17-22-9-7-6-8-10-22)34(19-23-11-13-24(31)14-12-23)29(36)20-35(41(4,38)39)25-15-16-28(40-3)26(32)18-25/h6-16,18,21,27H,5,17,19-20H2,1-4H3,(H,33,37)/t21-,27-/m0/s1. The molecule has 0 radical (unpaired) electrons. The Balaban J connectivity index is 2.06. The summed E-state index contributed by atoms with van der Waals surface area (Å²) in [6.45, 7) is 3.36. The Morgan fingerprint density at radius 2 is 1.63 bits per heavy atom. The van der Waals surface area contributed by atoms with E-state index in [9.17, 15) is 18.0 Å². The molecule has 0 aliphatic heterocycles. The van der Waals surface area contributed by atoms with Crippen molar-refractivity contribution < 1.29 is 22.7 Å². The molecule has 8 nitrogen and oxygen atoms in total. The van der Waals surface area contributed by atoms with Crippen molar-refractivity contribution in [3.8, 4) is 5.75 Å². The van der Waals surface area contributed by atoms with Crippen LogP contribution in [0.4, 0.5) is 5.69 Å². The topological polar surface area (TPSA) is 96.0 Å². The van der Waals surface area contributed by atoms with E-state index in [2.05, 4.69) is 5.32 Å². The molecule has 0 saturated carbocycles. The number of anilines is 1. The number of hydrogen-bond donors (Lipinski definition) is 1. The zero-order chi connectivity index (χ0) is 30.2. The molecule has 0 heterocycles. The highest BCUT2D eigenvalue weighted by molar-refractivity contribution is 7.92. The van der Waals surface area contributed by atoms with Crippen LogP contribution in [0.15, 0.2) is 72.8 Å². The summed E-state index contributed by atoms with van der Waals surface area (Å²) in [5, 5.41) is 3.72. The highest BCUT2D eigenvalue weighted by Crippen LogP contribution is 2.30. The fraction of sp³-hybridized carbons (Fsp3) is 0.333. The Hall–Kier alpha value is -3.27. The summed E-state index contributed by atoms with van der Waals surface area (Å²) in [4.78, 5) is 29.2. The number of ether oxygens (including phenoxy) is 1. The third kappa shape index (κ3) is 9.11. The minimum atomic E-state index is -3.92. The van der Waals surface area contributed by atoms with E-state index in [4.69, 9.17) is 27.9 Å². The summed E-state index contributed by atoms with van der Waals surface area (Å²) in [6.07, 6.45) is 1.95. The first-order valence-electron chi connectivity index (χ1n) is 13.1. The maximum atomic E-state index is 14.1. The van der Waals surface area contributed by atoms with E-state index in [0.717, 1.165) is 21.7 Å². The number of nitrogens with zero attached hydrogens (tertiary/aromatic N) is 2. The molecule has 11 heteroatoms. The predicted octanol–water partition coefficient (Wildman–Crippen LogP) is 5.32. The van der Waals surface area contributed by atoms with Gasteiger partial charge in [0.15, 0.2) is 0 Å². The van der Waals surface area contributed by atoms with E-state index < -0.39 is 28.5 Å². The van der Waals surface area contributed by atoms with Crippen molar-refractivity contribution in [2.45, 2.75) is 45.3 Å². The van der Waals surface area contributed by atoms with Gasteiger partial charge in [0.25, 0.3) is 0 Å². The molecule has 0 aliphatic carbocycles. The molecule has 2 amide bonds. The number of halogens is 2. The number of hydrogen-bond acceptors (Lipinski definition) is 5. The highest BCUT2D eigenvalue weighted by atomic mass is 35.5. The first kappa shape index (κ1) is 32.2. The van der Waals surface area contributed by atoms with Gasteiger partial charge in [0.1, 0.15) is 18.3 Å². The Bertz CT molecular complexity index is 1440. The van der Waals surface area contributed by atoms with Crippen LogP contribution in [0, 0.1) is 0 Å². The average Bonchev–Trinajstić information content (AvgIpc) is 2.94. The molecule has 0 aliphatic rings. The summed E-state index contributed by atoms with van der Waals surface area (Å²) < 4.78 is 32.0. The average molecular weight is 621 g/mol. The van der Waals surface area contributed by atoms with E-state index in [1.54, 1.807) is 24.3 Å². The molecule has 2 atom stereocenters. The fourth-order valence-electron chi connectivity index (χ4n) is 4.21. The first-order chi connectivity index (χ1) is 19.4. The number of sulfonamides is 1. The molecule has 0 spiro atoms. The van der Waals surface area contributed by atoms with Crippen molar-refractivity contribution >= 4 is 50.7 Å². The molecule has 3 aromatic carbocycles. The van der Waals surface area contributed by atoms with Gasteiger partial charge in [-0.1, -0.05) is 72.6 Å². The predicted molar refractivity (Wildman–Crippen MR) is 164 cm³/mol. The number of nitrogens with one attached hydrogen (secondary N) is 1. The van der Waals surface area contributed by atoms with Gasteiger partial charge in [-0.25, -0.2) is 8.42 Å². The third-order valence-corrected chi connectivity index (χ3v) is 8.33. The van der Waals surface area contributed by atoms with Crippen LogP contribution in [0.25, 0.3) is 0 Å². The minimum absolute atomic E-state index is 0.0579. The molecule has 3 rings (SSSR count). The first-order valence-corrected chi connectivity index (χ1v) is 15.7. The lowest BCUT2D eigenvalue weighted by Gasteiger charge is -2.34. The van der Waals surface area contributed by atoms with Crippen LogP contribution >= 0.6 is 23.2 Å². The van der Waals surface area contributed by atoms with Crippen LogP contribution in [0.1, 0.15) is 31.4 Å². The lowest BCUT2D eigenvalue weighted by Crippen LogP contribution is -2.54. The SMILES string of the molecule is CC[C@H](C)NC(=O)[C@H](Cc1ccccc1)N(Cc1ccc(Cl)cc1)C(=O)CN(c1ccc(OC)c(Cl)c1)S(C)(=O)=O. The maximum Gasteiger partial charge on any atom is 0.244 e. The van der Waals surface area contributed by atoms with E-state index in [1.807, 2.05) is 44.2 Å². The van der Waals surface area contributed by atoms with Gasteiger partial charge in [0.2, 0.25) is 21.8 Å². The molecular formula is C30H35Cl2N3O5S. The maximum absolute atomic E-state index is 14.1. The van der Waals surface area contributed by atoms with Crippen LogP contribution in [0.3, 0.4) is 0 Å². The summed E-state index contributed by atoms with van der Waals surface area (Å²) >= 11 is 12.4. The molecule has 0 unspecified atom stereocenters. The van der Waals surface area contributed by atoms with E-state index in [-0.39, 0.29) is 35.6 Å². The van der Waals surface area contributed by atoms with Crippen LogP contribution in [0.5, 0.6) is 5.75 Å². The van der Waals surface area contributed by atoms with Crippen LogP contribution in [-0.2, 0) is 32.6 Å². The zero-order valence-electron chi connectivity index (χ0n) is 23.5. The van der Waals surface area contributed by atoms with E-state index in [0.29, 0.717) is 17.2 Å². The van der Waals surface area contributed by atoms with Gasteiger partial charge in [-0.3, -0.25) is 13.9 Å². The number of amides is 2. The highest BCUT2D eigenvalue weighted by Gasteiger charge is 2.33. The molecule has 0 fully saturated rings. The third-order valence-electron chi connectivity index (χ3n) is 6.64. The molecule has 0 saturated heterocycles. The monoisotopic (exact) mass is 619 g/mol. The molecule has 0 aromatic heterocycles. The smallest absolute Gasteiger partial charge is 0.244 e. The zero-order valence-corrected chi connectivity index (χ0v) is 25.8. The van der Waals surface area contributed by atoms with Gasteiger partial charge >= 0.3 is 0 Å². The van der Waals surface area contributed by atoms with Crippen molar-refractivity contribution in [2.24, 2.45) is 0 Å². The second-order valence-corrected chi connectivity index (χ2v) is 12.5. The largest absolute Gasteiger partial charge is 0.495 e. The van der Waals surface area contributed by atoms with Gasteiger partial charge in [-0.05, 0) is 54.8 Å². The number of benzene rings is 3. The fourth-order valence-corrected chi connectivity index (χ4v) is 5.43.